The van der Waals surface area contributed by atoms with E-state index in [1.54, 1.807) is 31.2 Å². The molecule has 0 aliphatic rings. The monoisotopic (exact) mass is 247 g/mol. The van der Waals surface area contributed by atoms with Gasteiger partial charge in [-0.05, 0) is 18.1 Å². The third kappa shape index (κ3) is 2.78. The Labute approximate surface area is 112 Å². The van der Waals surface area contributed by atoms with E-state index in [1.807, 2.05) is 42.5 Å². The molecule has 0 saturated heterocycles. The number of hydrogen-bond acceptors (Lipinski definition) is 2. The molecule has 0 bridgehead atoms. The van der Waals surface area contributed by atoms with Crippen LogP contribution < -0.4 is 0 Å². The second-order valence-electron chi connectivity index (χ2n) is 4.17. The Morgan fingerprint density at radius 2 is 1.37 bits per heavy atom. The summed E-state index contributed by atoms with van der Waals surface area (Å²) in [6.07, 6.45) is 0. The number of rotatable bonds is 3. The van der Waals surface area contributed by atoms with E-state index in [0.29, 0.717) is 11.1 Å². The SMILES string of the molecule is C/C(=C(/C#N)C(=O)c1ccccc1)c1ccccc1. The molecule has 2 heteroatoms. The van der Waals surface area contributed by atoms with E-state index >= 15 is 0 Å². The molecule has 2 aromatic carbocycles. The lowest BCUT2D eigenvalue weighted by atomic mass is 9.96. The zero-order valence-electron chi connectivity index (χ0n) is 10.6. The van der Waals surface area contributed by atoms with Gasteiger partial charge in [0.25, 0.3) is 0 Å². The van der Waals surface area contributed by atoms with Crippen LogP contribution in [0.25, 0.3) is 5.57 Å². The molecule has 0 heterocycles. The number of Topliss-reactive ketones (excluding diaryl/α,β-unsaturated/α-hetero) is 1. The molecule has 2 rings (SSSR count). The summed E-state index contributed by atoms with van der Waals surface area (Å²) >= 11 is 0. The lowest BCUT2D eigenvalue weighted by Gasteiger charge is -2.05. The van der Waals surface area contributed by atoms with E-state index in [4.69, 9.17) is 0 Å². The second-order valence-corrected chi connectivity index (χ2v) is 4.17. The normalized spacial score (nSPS) is 11.4. The smallest absolute Gasteiger partial charge is 0.203 e. The van der Waals surface area contributed by atoms with Crippen LogP contribution in [0, 0.1) is 11.3 Å². The third-order valence-corrected chi connectivity index (χ3v) is 2.96. The highest BCUT2D eigenvalue weighted by molar-refractivity contribution is 6.15. The minimum absolute atomic E-state index is 0.192. The standard InChI is InChI=1S/C17H13NO/c1-13(14-8-4-2-5-9-14)16(12-18)17(19)15-10-6-3-7-11-15/h2-11H,1H3/b16-13+. The van der Waals surface area contributed by atoms with Crippen molar-refractivity contribution in [1.29, 1.82) is 5.26 Å². The summed E-state index contributed by atoms with van der Waals surface area (Å²) in [6, 6.07) is 20.4. The minimum atomic E-state index is -0.232. The lowest BCUT2D eigenvalue weighted by Crippen LogP contribution is -2.03. The average molecular weight is 247 g/mol. The largest absolute Gasteiger partial charge is 0.288 e. The van der Waals surface area contributed by atoms with Gasteiger partial charge in [-0.1, -0.05) is 60.7 Å². The van der Waals surface area contributed by atoms with Gasteiger partial charge in [0, 0.05) is 5.56 Å². The molecule has 2 aromatic rings. The Morgan fingerprint density at radius 3 is 1.84 bits per heavy atom. The molecule has 0 spiro atoms. The summed E-state index contributed by atoms with van der Waals surface area (Å²) in [6.45, 7) is 1.80. The van der Waals surface area contributed by atoms with Crippen molar-refractivity contribution in [3.8, 4) is 6.07 Å². The number of benzene rings is 2. The molecule has 0 amide bonds. The summed E-state index contributed by atoms with van der Waals surface area (Å²) in [5.74, 6) is -0.232. The number of carbonyl (C=O) groups is 1. The van der Waals surface area contributed by atoms with Crippen LogP contribution in [-0.2, 0) is 0 Å². The molecular formula is C17H13NO. The number of allylic oxidation sites excluding steroid dienone is 2. The first-order chi connectivity index (χ1) is 9.24. The highest BCUT2D eigenvalue weighted by Crippen LogP contribution is 2.20. The zero-order valence-corrected chi connectivity index (χ0v) is 10.6. The predicted octanol–water partition coefficient (Wildman–Crippen LogP) is 3.87. The molecule has 0 aliphatic carbocycles. The molecule has 92 valence electrons. The number of ketones is 1. The predicted molar refractivity (Wildman–Crippen MR) is 75.4 cm³/mol. The topological polar surface area (TPSA) is 40.9 Å². The maximum atomic E-state index is 12.3. The van der Waals surface area contributed by atoms with E-state index in [1.165, 1.54) is 0 Å². The fourth-order valence-electron chi connectivity index (χ4n) is 1.87. The van der Waals surface area contributed by atoms with E-state index in [2.05, 4.69) is 0 Å². The van der Waals surface area contributed by atoms with Crippen molar-refractivity contribution < 1.29 is 4.79 Å². The van der Waals surface area contributed by atoms with Gasteiger partial charge in [-0.25, -0.2) is 0 Å². The van der Waals surface area contributed by atoms with Crippen LogP contribution in [0.1, 0.15) is 22.8 Å². The van der Waals surface area contributed by atoms with Crippen LogP contribution in [0.3, 0.4) is 0 Å². The summed E-state index contributed by atoms with van der Waals surface area (Å²) in [7, 11) is 0. The first-order valence-electron chi connectivity index (χ1n) is 6.00. The Kier molecular flexibility index (Phi) is 3.90. The lowest BCUT2D eigenvalue weighted by molar-refractivity contribution is 0.103. The van der Waals surface area contributed by atoms with E-state index in [0.717, 1.165) is 5.56 Å². The maximum absolute atomic E-state index is 12.3. The van der Waals surface area contributed by atoms with Gasteiger partial charge in [0.1, 0.15) is 11.6 Å². The highest BCUT2D eigenvalue weighted by atomic mass is 16.1. The van der Waals surface area contributed by atoms with Crippen molar-refractivity contribution in [1.82, 2.24) is 0 Å². The molecule has 0 aliphatic heterocycles. The summed E-state index contributed by atoms with van der Waals surface area (Å²) in [5.41, 5.74) is 2.33. The first kappa shape index (κ1) is 12.8. The van der Waals surface area contributed by atoms with E-state index in [9.17, 15) is 10.1 Å². The number of carbonyl (C=O) groups excluding carboxylic acids is 1. The molecule has 0 radical (unpaired) electrons. The van der Waals surface area contributed by atoms with Gasteiger partial charge in [-0.2, -0.15) is 5.26 Å². The quantitative estimate of drug-likeness (QED) is 0.469. The molecule has 0 N–H and O–H groups in total. The first-order valence-corrected chi connectivity index (χ1v) is 6.00. The molecule has 0 atom stereocenters. The van der Waals surface area contributed by atoms with Gasteiger partial charge in [-0.15, -0.1) is 0 Å². The molecule has 0 saturated carbocycles. The van der Waals surface area contributed by atoms with Crippen molar-refractivity contribution in [2.75, 3.05) is 0 Å². The maximum Gasteiger partial charge on any atom is 0.203 e. The summed E-state index contributed by atoms with van der Waals surface area (Å²) < 4.78 is 0. The van der Waals surface area contributed by atoms with Crippen LogP contribution in [0.4, 0.5) is 0 Å². The van der Waals surface area contributed by atoms with Crippen LogP contribution in [-0.4, -0.2) is 5.78 Å². The van der Waals surface area contributed by atoms with Crippen molar-refractivity contribution >= 4 is 11.4 Å². The Bertz CT molecular complexity index is 649. The third-order valence-electron chi connectivity index (χ3n) is 2.96. The fourth-order valence-corrected chi connectivity index (χ4v) is 1.87. The van der Waals surface area contributed by atoms with Crippen LogP contribution in [0.15, 0.2) is 66.2 Å². The Balaban J connectivity index is 2.46. The number of nitriles is 1. The zero-order chi connectivity index (χ0) is 13.7. The van der Waals surface area contributed by atoms with Crippen molar-refractivity contribution in [2.24, 2.45) is 0 Å². The minimum Gasteiger partial charge on any atom is -0.288 e. The molecule has 19 heavy (non-hydrogen) atoms. The average Bonchev–Trinajstić information content (AvgIpc) is 2.49. The van der Waals surface area contributed by atoms with Crippen molar-refractivity contribution in [3.63, 3.8) is 0 Å². The summed E-state index contributed by atoms with van der Waals surface area (Å²) in [5, 5.41) is 9.26. The Hall–Kier alpha value is -2.66. The Morgan fingerprint density at radius 1 is 0.895 bits per heavy atom. The van der Waals surface area contributed by atoms with Crippen LogP contribution >= 0.6 is 0 Å². The van der Waals surface area contributed by atoms with Gasteiger partial charge < -0.3 is 0 Å². The number of nitrogens with zero attached hydrogens (tertiary/aromatic N) is 1. The number of hydrogen-bond donors (Lipinski definition) is 0. The van der Waals surface area contributed by atoms with Crippen molar-refractivity contribution in [3.05, 3.63) is 77.4 Å². The highest BCUT2D eigenvalue weighted by Gasteiger charge is 2.15. The van der Waals surface area contributed by atoms with E-state index in [-0.39, 0.29) is 11.4 Å². The molecule has 0 unspecified atom stereocenters. The van der Waals surface area contributed by atoms with Gasteiger partial charge in [0.05, 0.1) is 0 Å². The molecule has 0 fully saturated rings. The fraction of sp³-hybridized carbons (Fsp3) is 0.0588. The van der Waals surface area contributed by atoms with Crippen molar-refractivity contribution in [2.45, 2.75) is 6.92 Å². The van der Waals surface area contributed by atoms with Crippen LogP contribution in [0.5, 0.6) is 0 Å². The molecular weight excluding hydrogens is 234 g/mol. The van der Waals surface area contributed by atoms with Gasteiger partial charge >= 0.3 is 0 Å². The van der Waals surface area contributed by atoms with E-state index < -0.39 is 0 Å². The molecule has 2 nitrogen and oxygen atoms in total. The van der Waals surface area contributed by atoms with Gasteiger partial charge in [-0.3, -0.25) is 4.79 Å². The van der Waals surface area contributed by atoms with Crippen LogP contribution in [0.2, 0.25) is 0 Å². The summed E-state index contributed by atoms with van der Waals surface area (Å²) in [4.78, 5) is 12.3. The second kappa shape index (κ2) is 5.79. The van der Waals surface area contributed by atoms with Gasteiger partial charge in [0.2, 0.25) is 5.78 Å². The molecule has 0 aromatic heterocycles. The van der Waals surface area contributed by atoms with Gasteiger partial charge in [0.15, 0.2) is 0 Å².